The molecule has 0 atom stereocenters. The summed E-state index contributed by atoms with van der Waals surface area (Å²) >= 11 is 0. The van der Waals surface area contributed by atoms with Crippen LogP contribution in [0.3, 0.4) is 0 Å². The molecular formula is C15H12N2O3. The van der Waals surface area contributed by atoms with Crippen LogP contribution in [0.2, 0.25) is 0 Å². The Morgan fingerprint density at radius 2 is 1.90 bits per heavy atom. The molecule has 2 heterocycles. The van der Waals surface area contributed by atoms with Crippen LogP contribution in [0.5, 0.6) is 5.75 Å². The number of imide groups is 1. The number of aromatic nitrogens is 1. The van der Waals surface area contributed by atoms with E-state index >= 15 is 0 Å². The van der Waals surface area contributed by atoms with Crippen molar-refractivity contribution in [3.8, 4) is 5.75 Å². The van der Waals surface area contributed by atoms with Gasteiger partial charge in [-0.15, -0.1) is 0 Å². The van der Waals surface area contributed by atoms with Gasteiger partial charge in [0, 0.05) is 18.8 Å². The maximum atomic E-state index is 11.9. The van der Waals surface area contributed by atoms with Gasteiger partial charge in [0.05, 0.1) is 18.2 Å². The summed E-state index contributed by atoms with van der Waals surface area (Å²) in [5.41, 5.74) is 2.41. The molecule has 100 valence electrons. The van der Waals surface area contributed by atoms with Crippen molar-refractivity contribution in [3.05, 3.63) is 58.9 Å². The van der Waals surface area contributed by atoms with E-state index in [9.17, 15) is 9.59 Å². The third-order valence-corrected chi connectivity index (χ3v) is 3.30. The number of nitrogens with one attached hydrogen (secondary N) is 1. The average Bonchev–Trinajstić information content (AvgIpc) is 2.76. The van der Waals surface area contributed by atoms with Gasteiger partial charge < -0.3 is 4.74 Å². The molecule has 1 aromatic heterocycles. The highest BCUT2D eigenvalue weighted by atomic mass is 16.5. The van der Waals surface area contributed by atoms with Crippen molar-refractivity contribution >= 4 is 11.8 Å². The van der Waals surface area contributed by atoms with Crippen molar-refractivity contribution in [1.82, 2.24) is 10.3 Å². The molecule has 0 unspecified atom stereocenters. The second-order valence-electron chi connectivity index (χ2n) is 4.49. The summed E-state index contributed by atoms with van der Waals surface area (Å²) in [5, 5.41) is 2.29. The van der Waals surface area contributed by atoms with E-state index in [1.807, 2.05) is 24.3 Å². The van der Waals surface area contributed by atoms with Gasteiger partial charge in [-0.2, -0.15) is 0 Å². The number of carbonyl (C=O) groups is 2. The van der Waals surface area contributed by atoms with Crippen LogP contribution < -0.4 is 10.1 Å². The standard InChI is InChI=1S/C15H12N2O3/c1-20-12-5-3-2-4-9(12)6-10-7-16-8-11-13(10)15(19)17-14(11)18/h2-5,7-8H,6H2,1H3,(H,17,18,19). The maximum Gasteiger partial charge on any atom is 0.260 e. The SMILES string of the molecule is COc1ccccc1Cc1cncc2c1C(=O)NC2=O. The van der Waals surface area contributed by atoms with Gasteiger partial charge in [0.25, 0.3) is 11.8 Å². The first-order valence-electron chi connectivity index (χ1n) is 6.15. The smallest absolute Gasteiger partial charge is 0.260 e. The van der Waals surface area contributed by atoms with Crippen LogP contribution in [-0.2, 0) is 6.42 Å². The molecule has 0 saturated carbocycles. The fraction of sp³-hybridized carbons (Fsp3) is 0.133. The van der Waals surface area contributed by atoms with Gasteiger partial charge in [-0.3, -0.25) is 19.9 Å². The predicted molar refractivity (Wildman–Crippen MR) is 71.8 cm³/mol. The number of methoxy groups -OCH3 is 1. The summed E-state index contributed by atoms with van der Waals surface area (Å²) in [5.74, 6) is -0.00786. The fourth-order valence-corrected chi connectivity index (χ4v) is 2.37. The largest absolute Gasteiger partial charge is 0.496 e. The Morgan fingerprint density at radius 1 is 1.10 bits per heavy atom. The number of ether oxygens (including phenoxy) is 1. The van der Waals surface area contributed by atoms with Crippen molar-refractivity contribution < 1.29 is 14.3 Å². The number of pyridine rings is 1. The molecule has 0 spiro atoms. The minimum Gasteiger partial charge on any atom is -0.496 e. The van der Waals surface area contributed by atoms with Gasteiger partial charge >= 0.3 is 0 Å². The second kappa shape index (κ2) is 4.77. The van der Waals surface area contributed by atoms with Crippen molar-refractivity contribution in [1.29, 1.82) is 0 Å². The van der Waals surface area contributed by atoms with Gasteiger partial charge in [-0.05, 0) is 17.2 Å². The lowest BCUT2D eigenvalue weighted by atomic mass is 9.99. The Labute approximate surface area is 115 Å². The molecule has 0 saturated heterocycles. The van der Waals surface area contributed by atoms with Crippen molar-refractivity contribution in [3.63, 3.8) is 0 Å². The molecule has 5 nitrogen and oxygen atoms in total. The highest BCUT2D eigenvalue weighted by Gasteiger charge is 2.29. The van der Waals surface area contributed by atoms with Crippen LogP contribution in [-0.4, -0.2) is 23.9 Å². The molecule has 0 fully saturated rings. The fourth-order valence-electron chi connectivity index (χ4n) is 2.37. The minimum absolute atomic E-state index is 0.336. The van der Waals surface area contributed by atoms with Gasteiger partial charge in [0.15, 0.2) is 0 Å². The highest BCUT2D eigenvalue weighted by Crippen LogP contribution is 2.25. The second-order valence-corrected chi connectivity index (χ2v) is 4.49. The number of hydrogen-bond acceptors (Lipinski definition) is 4. The number of benzene rings is 1. The predicted octanol–water partition coefficient (Wildman–Crippen LogP) is 1.56. The summed E-state index contributed by atoms with van der Waals surface area (Å²) in [6, 6.07) is 7.57. The molecule has 5 heteroatoms. The average molecular weight is 268 g/mol. The molecule has 1 aromatic carbocycles. The third kappa shape index (κ3) is 1.93. The number of carbonyl (C=O) groups excluding carboxylic acids is 2. The summed E-state index contributed by atoms with van der Waals surface area (Å²) in [7, 11) is 1.60. The van der Waals surface area contributed by atoms with E-state index in [1.165, 1.54) is 6.20 Å². The lowest BCUT2D eigenvalue weighted by Crippen LogP contribution is -2.20. The van der Waals surface area contributed by atoms with Gasteiger partial charge in [0.2, 0.25) is 0 Å². The maximum absolute atomic E-state index is 11.9. The highest BCUT2D eigenvalue weighted by molar-refractivity contribution is 6.22. The zero-order chi connectivity index (χ0) is 14.1. The Balaban J connectivity index is 2.05. The van der Waals surface area contributed by atoms with E-state index in [0.29, 0.717) is 17.5 Å². The Kier molecular flexibility index (Phi) is 2.95. The van der Waals surface area contributed by atoms with Crippen LogP contribution in [0.1, 0.15) is 31.8 Å². The van der Waals surface area contributed by atoms with Crippen molar-refractivity contribution in [2.75, 3.05) is 7.11 Å². The first-order chi connectivity index (χ1) is 9.70. The molecule has 3 rings (SSSR count). The number of fused-ring (bicyclic) bond motifs is 1. The van der Waals surface area contributed by atoms with Crippen LogP contribution in [0.4, 0.5) is 0 Å². The molecule has 1 aliphatic rings. The molecule has 1 aliphatic heterocycles. The third-order valence-electron chi connectivity index (χ3n) is 3.30. The zero-order valence-corrected chi connectivity index (χ0v) is 10.8. The van der Waals surface area contributed by atoms with E-state index in [-0.39, 0.29) is 11.8 Å². The normalized spacial score (nSPS) is 13.1. The summed E-state index contributed by atoms with van der Waals surface area (Å²) in [6.07, 6.45) is 3.52. The summed E-state index contributed by atoms with van der Waals surface area (Å²) in [6.45, 7) is 0. The Bertz CT molecular complexity index is 710. The van der Waals surface area contributed by atoms with E-state index in [1.54, 1.807) is 13.3 Å². The van der Waals surface area contributed by atoms with Crippen LogP contribution in [0, 0.1) is 0 Å². The van der Waals surface area contributed by atoms with E-state index in [0.717, 1.165) is 16.9 Å². The molecule has 0 radical (unpaired) electrons. The molecule has 2 aromatic rings. The van der Waals surface area contributed by atoms with Gasteiger partial charge in [-0.1, -0.05) is 18.2 Å². The Hall–Kier alpha value is -2.69. The van der Waals surface area contributed by atoms with Crippen molar-refractivity contribution in [2.24, 2.45) is 0 Å². The zero-order valence-electron chi connectivity index (χ0n) is 10.8. The van der Waals surface area contributed by atoms with Crippen LogP contribution in [0.15, 0.2) is 36.7 Å². The quantitative estimate of drug-likeness (QED) is 0.858. The van der Waals surface area contributed by atoms with E-state index < -0.39 is 0 Å². The summed E-state index contributed by atoms with van der Waals surface area (Å²) < 4.78 is 5.30. The number of amides is 2. The minimum atomic E-state index is -0.389. The molecule has 20 heavy (non-hydrogen) atoms. The number of nitrogens with zero attached hydrogens (tertiary/aromatic N) is 1. The monoisotopic (exact) mass is 268 g/mol. The molecule has 0 aliphatic carbocycles. The lowest BCUT2D eigenvalue weighted by Gasteiger charge is -2.09. The first kappa shape index (κ1) is 12.3. The number of rotatable bonds is 3. The van der Waals surface area contributed by atoms with Crippen LogP contribution >= 0.6 is 0 Å². The Morgan fingerprint density at radius 3 is 2.70 bits per heavy atom. The molecular weight excluding hydrogens is 256 g/mol. The van der Waals surface area contributed by atoms with E-state index in [2.05, 4.69) is 10.3 Å². The number of para-hydroxylation sites is 1. The molecule has 2 amide bonds. The summed E-state index contributed by atoms with van der Waals surface area (Å²) in [4.78, 5) is 27.5. The number of hydrogen-bond donors (Lipinski definition) is 1. The van der Waals surface area contributed by atoms with Crippen LogP contribution in [0.25, 0.3) is 0 Å². The van der Waals surface area contributed by atoms with Gasteiger partial charge in [0.1, 0.15) is 5.75 Å². The topological polar surface area (TPSA) is 68.3 Å². The van der Waals surface area contributed by atoms with Gasteiger partial charge in [-0.25, -0.2) is 0 Å². The lowest BCUT2D eigenvalue weighted by molar-refractivity contribution is 0.0879. The van der Waals surface area contributed by atoms with Crippen molar-refractivity contribution in [2.45, 2.75) is 6.42 Å². The molecule has 1 N–H and O–H groups in total. The first-order valence-corrected chi connectivity index (χ1v) is 6.15. The molecule has 0 bridgehead atoms. The van der Waals surface area contributed by atoms with E-state index in [4.69, 9.17) is 4.74 Å².